The largest absolute Gasteiger partial charge is 0.385 e. The number of nitrogens with one attached hydrogen (secondary N) is 1. The van der Waals surface area contributed by atoms with Crippen LogP contribution in [-0.4, -0.2) is 24.0 Å². The number of nitrogens with zero attached hydrogens (tertiary/aromatic N) is 1. The van der Waals surface area contributed by atoms with Crippen LogP contribution >= 0.6 is 0 Å². The number of fused-ring (bicyclic) bond motifs is 1. The van der Waals surface area contributed by atoms with Crippen molar-refractivity contribution in [1.82, 2.24) is 4.90 Å². The van der Waals surface area contributed by atoms with Gasteiger partial charge in [-0.15, -0.1) is 0 Å². The van der Waals surface area contributed by atoms with Gasteiger partial charge >= 0.3 is 0 Å². The normalized spacial score (nSPS) is 27.7. The van der Waals surface area contributed by atoms with Crippen molar-refractivity contribution in [3.05, 3.63) is 29.3 Å². The quantitative estimate of drug-likeness (QED) is 0.871. The molecule has 1 saturated heterocycles. The van der Waals surface area contributed by atoms with Gasteiger partial charge in [-0.2, -0.15) is 0 Å². The first-order valence-corrected chi connectivity index (χ1v) is 7.82. The Morgan fingerprint density at radius 2 is 2.16 bits per heavy atom. The van der Waals surface area contributed by atoms with Gasteiger partial charge in [-0.05, 0) is 55.7 Å². The third-order valence-corrected chi connectivity index (χ3v) is 4.81. The van der Waals surface area contributed by atoms with Crippen LogP contribution in [0.2, 0.25) is 0 Å². The van der Waals surface area contributed by atoms with Crippen molar-refractivity contribution in [1.29, 1.82) is 0 Å². The van der Waals surface area contributed by atoms with Gasteiger partial charge < -0.3 is 5.32 Å². The zero-order valence-electron chi connectivity index (χ0n) is 12.3. The van der Waals surface area contributed by atoms with Crippen LogP contribution in [0, 0.1) is 5.92 Å². The van der Waals surface area contributed by atoms with Gasteiger partial charge in [0.1, 0.15) is 0 Å². The van der Waals surface area contributed by atoms with Gasteiger partial charge in [-0.3, -0.25) is 4.90 Å². The van der Waals surface area contributed by atoms with E-state index in [-0.39, 0.29) is 0 Å². The molecule has 2 heteroatoms. The van der Waals surface area contributed by atoms with Gasteiger partial charge in [0.25, 0.3) is 0 Å². The molecule has 0 spiro atoms. The number of anilines is 1. The number of rotatable bonds is 2. The highest BCUT2D eigenvalue weighted by Crippen LogP contribution is 2.29. The van der Waals surface area contributed by atoms with Crippen LogP contribution in [0.1, 0.15) is 44.2 Å². The Morgan fingerprint density at radius 1 is 1.26 bits per heavy atom. The molecule has 0 aromatic heterocycles. The summed E-state index contributed by atoms with van der Waals surface area (Å²) < 4.78 is 0. The van der Waals surface area contributed by atoms with E-state index in [1.807, 2.05) is 0 Å². The second-order valence-electron chi connectivity index (χ2n) is 6.43. The van der Waals surface area contributed by atoms with Crippen molar-refractivity contribution in [2.24, 2.45) is 5.92 Å². The first-order chi connectivity index (χ1) is 9.24. The fourth-order valence-electron chi connectivity index (χ4n) is 3.55. The summed E-state index contributed by atoms with van der Waals surface area (Å²) in [7, 11) is 0. The van der Waals surface area contributed by atoms with E-state index in [9.17, 15) is 0 Å². The topological polar surface area (TPSA) is 15.3 Å². The Balaban J connectivity index is 1.79. The minimum atomic E-state index is 0.739. The molecule has 0 saturated carbocycles. The molecule has 1 fully saturated rings. The molecule has 3 rings (SSSR count). The van der Waals surface area contributed by atoms with Crippen molar-refractivity contribution in [3.8, 4) is 0 Å². The molecule has 1 N–H and O–H groups in total. The maximum atomic E-state index is 3.54. The number of likely N-dealkylation sites (tertiary alicyclic amines) is 1. The maximum Gasteiger partial charge on any atom is 0.0375 e. The Bertz CT molecular complexity index is 441. The second-order valence-corrected chi connectivity index (χ2v) is 6.43. The SMILES string of the molecule is CC1CCC(C)N(Cc2cccc3c2CCCN3)C1. The molecule has 0 amide bonds. The lowest BCUT2D eigenvalue weighted by atomic mass is 9.92. The summed E-state index contributed by atoms with van der Waals surface area (Å²) in [6.07, 6.45) is 5.27. The molecule has 2 heterocycles. The van der Waals surface area contributed by atoms with Crippen molar-refractivity contribution < 1.29 is 0 Å². The van der Waals surface area contributed by atoms with E-state index < -0.39 is 0 Å². The third kappa shape index (κ3) is 2.79. The highest BCUT2D eigenvalue weighted by Gasteiger charge is 2.24. The van der Waals surface area contributed by atoms with Crippen LogP contribution in [0.15, 0.2) is 18.2 Å². The second kappa shape index (κ2) is 5.54. The fourth-order valence-corrected chi connectivity index (χ4v) is 3.55. The van der Waals surface area contributed by atoms with Gasteiger partial charge in [0.2, 0.25) is 0 Å². The number of hydrogen-bond acceptors (Lipinski definition) is 2. The monoisotopic (exact) mass is 258 g/mol. The van der Waals surface area contributed by atoms with E-state index in [0.29, 0.717) is 0 Å². The molecule has 0 bridgehead atoms. The van der Waals surface area contributed by atoms with Gasteiger partial charge in [0.15, 0.2) is 0 Å². The van der Waals surface area contributed by atoms with Gasteiger partial charge in [-0.1, -0.05) is 19.1 Å². The Morgan fingerprint density at radius 3 is 3.05 bits per heavy atom. The van der Waals surface area contributed by atoms with E-state index >= 15 is 0 Å². The van der Waals surface area contributed by atoms with Crippen molar-refractivity contribution in [2.75, 3.05) is 18.4 Å². The van der Waals surface area contributed by atoms with Crippen LogP contribution in [-0.2, 0) is 13.0 Å². The standard InChI is InChI=1S/C17H26N2/c1-13-8-9-14(2)19(11-13)12-15-5-3-7-17-16(15)6-4-10-18-17/h3,5,7,13-14,18H,4,6,8-12H2,1-2H3. The van der Waals surface area contributed by atoms with Crippen LogP contribution < -0.4 is 5.32 Å². The average Bonchev–Trinajstić information content (AvgIpc) is 2.43. The van der Waals surface area contributed by atoms with E-state index in [4.69, 9.17) is 0 Å². The van der Waals surface area contributed by atoms with E-state index in [2.05, 4.69) is 42.3 Å². The molecule has 0 radical (unpaired) electrons. The molecular weight excluding hydrogens is 232 g/mol. The highest BCUT2D eigenvalue weighted by atomic mass is 15.2. The molecule has 2 unspecified atom stereocenters. The molecule has 2 atom stereocenters. The molecule has 0 aliphatic carbocycles. The van der Waals surface area contributed by atoms with Gasteiger partial charge in [-0.25, -0.2) is 0 Å². The first kappa shape index (κ1) is 13.0. The van der Waals surface area contributed by atoms with Crippen molar-refractivity contribution >= 4 is 5.69 Å². The zero-order valence-corrected chi connectivity index (χ0v) is 12.3. The zero-order chi connectivity index (χ0) is 13.2. The molecule has 104 valence electrons. The fraction of sp³-hybridized carbons (Fsp3) is 0.647. The molecular formula is C17H26N2. The molecule has 2 nitrogen and oxygen atoms in total. The lowest BCUT2D eigenvalue weighted by molar-refractivity contribution is 0.117. The highest BCUT2D eigenvalue weighted by molar-refractivity contribution is 5.56. The third-order valence-electron chi connectivity index (χ3n) is 4.81. The summed E-state index contributed by atoms with van der Waals surface area (Å²) in [5.74, 6) is 0.855. The van der Waals surface area contributed by atoms with E-state index in [1.54, 1.807) is 11.1 Å². The molecule has 1 aromatic rings. The smallest absolute Gasteiger partial charge is 0.0375 e. The molecule has 2 aliphatic heterocycles. The minimum absolute atomic E-state index is 0.739. The lowest BCUT2D eigenvalue weighted by Gasteiger charge is -2.37. The predicted molar refractivity (Wildman–Crippen MR) is 81.5 cm³/mol. The predicted octanol–water partition coefficient (Wildman–Crippen LogP) is 3.67. The Hall–Kier alpha value is -1.02. The van der Waals surface area contributed by atoms with Crippen LogP contribution in [0.5, 0.6) is 0 Å². The van der Waals surface area contributed by atoms with Crippen LogP contribution in [0.4, 0.5) is 5.69 Å². The average molecular weight is 258 g/mol. The summed E-state index contributed by atoms with van der Waals surface area (Å²) in [5.41, 5.74) is 4.49. The summed E-state index contributed by atoms with van der Waals surface area (Å²) in [6.45, 7) is 8.31. The molecule has 19 heavy (non-hydrogen) atoms. The number of benzene rings is 1. The Labute approximate surface area is 117 Å². The van der Waals surface area contributed by atoms with Gasteiger partial charge in [0, 0.05) is 31.4 Å². The summed E-state index contributed by atoms with van der Waals surface area (Å²) >= 11 is 0. The lowest BCUT2D eigenvalue weighted by Crippen LogP contribution is -2.40. The van der Waals surface area contributed by atoms with E-state index in [0.717, 1.165) is 25.0 Å². The summed E-state index contributed by atoms with van der Waals surface area (Å²) in [5, 5.41) is 3.54. The van der Waals surface area contributed by atoms with Crippen molar-refractivity contribution in [3.63, 3.8) is 0 Å². The molecule has 2 aliphatic rings. The molecule has 1 aromatic carbocycles. The Kier molecular flexibility index (Phi) is 3.79. The number of hydrogen-bond donors (Lipinski definition) is 1. The first-order valence-electron chi connectivity index (χ1n) is 7.82. The number of piperidine rings is 1. The van der Waals surface area contributed by atoms with E-state index in [1.165, 1.54) is 37.9 Å². The summed E-state index contributed by atoms with van der Waals surface area (Å²) in [6, 6.07) is 7.52. The van der Waals surface area contributed by atoms with Gasteiger partial charge in [0.05, 0.1) is 0 Å². The van der Waals surface area contributed by atoms with Crippen LogP contribution in [0.25, 0.3) is 0 Å². The minimum Gasteiger partial charge on any atom is -0.385 e. The van der Waals surface area contributed by atoms with Crippen LogP contribution in [0.3, 0.4) is 0 Å². The maximum absolute atomic E-state index is 3.54. The summed E-state index contributed by atoms with van der Waals surface area (Å²) in [4.78, 5) is 2.68. The van der Waals surface area contributed by atoms with Crippen molar-refractivity contribution in [2.45, 2.75) is 52.1 Å².